The van der Waals surface area contributed by atoms with Crippen LogP contribution in [0.15, 0.2) is 23.8 Å². The molecule has 0 aromatic heterocycles. The highest BCUT2D eigenvalue weighted by Gasteiger charge is 2.27. The maximum absolute atomic E-state index is 11.6. The van der Waals surface area contributed by atoms with Crippen molar-refractivity contribution in [1.29, 1.82) is 0 Å². The minimum atomic E-state index is -0.845. The van der Waals surface area contributed by atoms with Crippen LogP contribution in [0.5, 0.6) is 11.5 Å². The summed E-state index contributed by atoms with van der Waals surface area (Å²) in [5, 5.41) is 3.98. The van der Waals surface area contributed by atoms with Crippen molar-refractivity contribution in [3.63, 3.8) is 0 Å². The van der Waals surface area contributed by atoms with E-state index in [4.69, 9.17) is 15.9 Å². The normalized spacial score (nSPS) is 13.8. The molecule has 1 aliphatic heterocycles. The van der Waals surface area contributed by atoms with E-state index in [1.165, 1.54) is 13.2 Å². The second-order valence-electron chi connectivity index (χ2n) is 4.20. The van der Waals surface area contributed by atoms with Gasteiger partial charge in [-0.25, -0.2) is 4.79 Å². The number of imide groups is 2. The topological polar surface area (TPSA) is 93.7 Å². The van der Waals surface area contributed by atoms with E-state index in [1.54, 1.807) is 18.2 Å². The average Bonchev–Trinajstić information content (AvgIpc) is 2.49. The van der Waals surface area contributed by atoms with Crippen LogP contribution in [0, 0.1) is 12.3 Å². The number of ether oxygens (including phenoxy) is 2. The van der Waals surface area contributed by atoms with Gasteiger partial charge in [0, 0.05) is 0 Å². The van der Waals surface area contributed by atoms with Crippen molar-refractivity contribution in [3.8, 4) is 23.8 Å². The van der Waals surface area contributed by atoms with Crippen molar-refractivity contribution >= 4 is 23.9 Å². The zero-order valence-electron chi connectivity index (χ0n) is 11.6. The first-order valence-electron chi connectivity index (χ1n) is 6.18. The Balaban J connectivity index is 2.31. The van der Waals surface area contributed by atoms with Crippen LogP contribution in [0.1, 0.15) is 5.56 Å². The number of amides is 4. The monoisotopic (exact) mass is 300 g/mol. The molecule has 112 valence electrons. The Morgan fingerprint density at radius 1 is 1.18 bits per heavy atom. The number of methoxy groups -OCH3 is 1. The van der Waals surface area contributed by atoms with Crippen molar-refractivity contribution in [3.05, 3.63) is 29.3 Å². The van der Waals surface area contributed by atoms with Gasteiger partial charge in [-0.3, -0.25) is 20.2 Å². The maximum atomic E-state index is 11.6. The zero-order chi connectivity index (χ0) is 16.1. The standard InChI is InChI=1S/C15H12N2O5/c1-3-6-22-11-5-4-9(8-12(11)21-2)7-10-13(18)16-15(20)17-14(10)19/h1,4-5,7-8H,6H2,2H3,(H2,16,17,18,19,20). The quantitative estimate of drug-likeness (QED) is 0.478. The van der Waals surface area contributed by atoms with Gasteiger partial charge in [-0.05, 0) is 23.8 Å². The first-order chi connectivity index (χ1) is 10.5. The summed E-state index contributed by atoms with van der Waals surface area (Å²) < 4.78 is 10.5. The lowest BCUT2D eigenvalue weighted by Crippen LogP contribution is -2.51. The molecule has 2 N–H and O–H groups in total. The molecular formula is C15H12N2O5. The molecule has 22 heavy (non-hydrogen) atoms. The van der Waals surface area contributed by atoms with E-state index in [1.807, 2.05) is 10.6 Å². The Morgan fingerprint density at radius 3 is 2.45 bits per heavy atom. The third-order valence-corrected chi connectivity index (χ3v) is 2.75. The second kappa shape index (κ2) is 6.45. The minimum absolute atomic E-state index is 0.0870. The highest BCUT2D eigenvalue weighted by Crippen LogP contribution is 2.29. The van der Waals surface area contributed by atoms with Crippen LogP contribution in [0.25, 0.3) is 6.08 Å². The molecule has 0 bridgehead atoms. The summed E-state index contributed by atoms with van der Waals surface area (Å²) >= 11 is 0. The van der Waals surface area contributed by atoms with Gasteiger partial charge in [0.05, 0.1) is 7.11 Å². The molecule has 1 aromatic carbocycles. The van der Waals surface area contributed by atoms with E-state index in [-0.39, 0.29) is 12.2 Å². The molecule has 7 heteroatoms. The summed E-state index contributed by atoms with van der Waals surface area (Å²) in [5.74, 6) is 1.65. The number of benzene rings is 1. The highest BCUT2D eigenvalue weighted by molar-refractivity contribution is 6.31. The highest BCUT2D eigenvalue weighted by atomic mass is 16.5. The molecule has 1 aliphatic rings. The SMILES string of the molecule is C#CCOc1ccc(C=C2C(=O)NC(=O)NC2=O)cc1OC. The number of hydrogen-bond acceptors (Lipinski definition) is 5. The first kappa shape index (κ1) is 15.1. The number of urea groups is 1. The fourth-order valence-electron chi connectivity index (χ4n) is 1.79. The molecule has 0 spiro atoms. The Hall–Kier alpha value is -3.27. The lowest BCUT2D eigenvalue weighted by Gasteiger charge is -2.14. The largest absolute Gasteiger partial charge is 0.493 e. The number of carbonyl (C=O) groups excluding carboxylic acids is 3. The molecule has 7 nitrogen and oxygen atoms in total. The van der Waals surface area contributed by atoms with Gasteiger partial charge in [-0.1, -0.05) is 12.0 Å². The van der Waals surface area contributed by atoms with Crippen LogP contribution in [0.3, 0.4) is 0 Å². The maximum Gasteiger partial charge on any atom is 0.328 e. The van der Waals surface area contributed by atoms with Gasteiger partial charge in [0.2, 0.25) is 0 Å². The number of carbonyl (C=O) groups is 3. The van der Waals surface area contributed by atoms with Crippen molar-refractivity contribution < 1.29 is 23.9 Å². The molecule has 0 saturated carbocycles. The molecule has 1 saturated heterocycles. The predicted molar refractivity (Wildman–Crippen MR) is 77.0 cm³/mol. The van der Waals surface area contributed by atoms with E-state index in [0.717, 1.165) is 0 Å². The number of nitrogens with one attached hydrogen (secondary N) is 2. The molecular weight excluding hydrogens is 288 g/mol. The third kappa shape index (κ3) is 3.24. The van der Waals surface area contributed by atoms with Crippen molar-refractivity contribution in [2.24, 2.45) is 0 Å². The van der Waals surface area contributed by atoms with Crippen LogP contribution in [0.4, 0.5) is 4.79 Å². The van der Waals surface area contributed by atoms with Crippen LogP contribution >= 0.6 is 0 Å². The van der Waals surface area contributed by atoms with Gasteiger partial charge >= 0.3 is 6.03 Å². The average molecular weight is 300 g/mol. The minimum Gasteiger partial charge on any atom is -0.493 e. The summed E-state index contributed by atoms with van der Waals surface area (Å²) in [6.07, 6.45) is 6.46. The molecule has 0 unspecified atom stereocenters. The molecule has 0 aliphatic carbocycles. The van der Waals surface area contributed by atoms with E-state index < -0.39 is 17.8 Å². The summed E-state index contributed by atoms with van der Waals surface area (Å²) in [4.78, 5) is 34.3. The van der Waals surface area contributed by atoms with Gasteiger partial charge in [-0.2, -0.15) is 0 Å². The van der Waals surface area contributed by atoms with E-state index in [0.29, 0.717) is 17.1 Å². The Bertz CT molecular complexity index is 693. The van der Waals surface area contributed by atoms with Gasteiger partial charge in [0.1, 0.15) is 12.2 Å². The fraction of sp³-hybridized carbons (Fsp3) is 0.133. The lowest BCUT2D eigenvalue weighted by molar-refractivity contribution is -0.123. The molecule has 1 aromatic rings. The molecule has 1 heterocycles. The first-order valence-corrected chi connectivity index (χ1v) is 6.18. The molecule has 4 amide bonds. The van der Waals surface area contributed by atoms with Crippen LogP contribution in [-0.4, -0.2) is 31.6 Å². The van der Waals surface area contributed by atoms with Crippen LogP contribution in [0.2, 0.25) is 0 Å². The fourth-order valence-corrected chi connectivity index (χ4v) is 1.79. The van der Waals surface area contributed by atoms with Gasteiger partial charge in [-0.15, -0.1) is 6.42 Å². The van der Waals surface area contributed by atoms with Crippen molar-refractivity contribution in [2.75, 3.05) is 13.7 Å². The number of barbiturate groups is 1. The van der Waals surface area contributed by atoms with Crippen LogP contribution < -0.4 is 20.1 Å². The molecule has 0 atom stereocenters. The summed E-state index contributed by atoms with van der Waals surface area (Å²) in [7, 11) is 1.45. The zero-order valence-corrected chi connectivity index (χ0v) is 11.6. The van der Waals surface area contributed by atoms with Gasteiger partial charge in [0.25, 0.3) is 11.8 Å². The Morgan fingerprint density at radius 2 is 1.86 bits per heavy atom. The Kier molecular flexibility index (Phi) is 4.44. The number of rotatable bonds is 4. The van der Waals surface area contributed by atoms with Crippen molar-refractivity contribution in [2.45, 2.75) is 0 Å². The van der Waals surface area contributed by atoms with E-state index in [9.17, 15) is 14.4 Å². The molecule has 2 rings (SSSR count). The van der Waals surface area contributed by atoms with Crippen molar-refractivity contribution in [1.82, 2.24) is 10.6 Å². The summed E-state index contributed by atoms with van der Waals surface area (Å²) in [5.41, 5.74) is 0.346. The third-order valence-electron chi connectivity index (χ3n) is 2.75. The Labute approximate surface area is 126 Å². The summed E-state index contributed by atoms with van der Waals surface area (Å²) in [6, 6.07) is 3.96. The second-order valence-corrected chi connectivity index (χ2v) is 4.20. The number of terminal acetylenes is 1. The van der Waals surface area contributed by atoms with Gasteiger partial charge in [0.15, 0.2) is 11.5 Å². The van der Waals surface area contributed by atoms with E-state index in [2.05, 4.69) is 5.92 Å². The van der Waals surface area contributed by atoms with Gasteiger partial charge < -0.3 is 9.47 Å². The molecule has 0 radical (unpaired) electrons. The molecule has 1 fully saturated rings. The van der Waals surface area contributed by atoms with E-state index >= 15 is 0 Å². The summed E-state index contributed by atoms with van der Waals surface area (Å²) in [6.45, 7) is 0.0870. The predicted octanol–water partition coefficient (Wildman–Crippen LogP) is 0.457. The van der Waals surface area contributed by atoms with Crippen LogP contribution in [-0.2, 0) is 9.59 Å². The lowest BCUT2D eigenvalue weighted by atomic mass is 10.1. The smallest absolute Gasteiger partial charge is 0.328 e. The number of hydrogen-bond donors (Lipinski definition) is 2.